The number of aliphatic hydroxyl groups is 1. The van der Waals surface area contributed by atoms with Crippen LogP contribution in [-0.2, 0) is 0 Å². The third-order valence-corrected chi connectivity index (χ3v) is 2.75. The summed E-state index contributed by atoms with van der Waals surface area (Å²) in [7, 11) is 0. The van der Waals surface area contributed by atoms with Crippen LogP contribution in [0, 0.1) is 0 Å². The first-order chi connectivity index (χ1) is 7.18. The first-order valence-electron chi connectivity index (χ1n) is 4.51. The van der Waals surface area contributed by atoms with Crippen LogP contribution in [0.2, 0.25) is 0 Å². The summed E-state index contributed by atoms with van der Waals surface area (Å²) in [6.45, 7) is 1.73. The van der Waals surface area contributed by atoms with E-state index in [1.54, 1.807) is 17.9 Å². The van der Waals surface area contributed by atoms with Gasteiger partial charge in [-0.05, 0) is 40.5 Å². The first-order valence-corrected chi connectivity index (χ1v) is 5.30. The molecule has 0 saturated carbocycles. The van der Waals surface area contributed by atoms with Crippen LogP contribution in [0.3, 0.4) is 0 Å². The second-order valence-corrected chi connectivity index (χ2v) is 4.08. The van der Waals surface area contributed by atoms with Crippen molar-refractivity contribution in [3.8, 4) is 5.69 Å². The Hall–Kier alpha value is -1.20. The van der Waals surface area contributed by atoms with Gasteiger partial charge in [-0.3, -0.25) is 0 Å². The van der Waals surface area contributed by atoms with E-state index in [9.17, 15) is 5.11 Å². The summed E-state index contributed by atoms with van der Waals surface area (Å²) in [6, 6.07) is 5.63. The van der Waals surface area contributed by atoms with Crippen molar-refractivity contribution in [3.05, 3.63) is 40.9 Å². The highest BCUT2D eigenvalue weighted by Gasteiger charge is 2.06. The topological polar surface area (TPSA) is 50.9 Å². The summed E-state index contributed by atoms with van der Waals surface area (Å²) in [5.41, 5.74) is 1.77. The van der Waals surface area contributed by atoms with Gasteiger partial charge in [-0.15, -0.1) is 0 Å². The summed E-state index contributed by atoms with van der Waals surface area (Å²) in [4.78, 5) is 3.88. The van der Waals surface area contributed by atoms with Gasteiger partial charge in [0.25, 0.3) is 0 Å². The average Bonchev–Trinajstić information content (AvgIpc) is 2.70. The van der Waals surface area contributed by atoms with Crippen LogP contribution in [0.1, 0.15) is 18.6 Å². The molecular formula is C10H10BrN3O. The molecule has 0 aliphatic carbocycles. The molecule has 1 atom stereocenters. The Labute approximate surface area is 95.7 Å². The highest BCUT2D eigenvalue weighted by atomic mass is 79.9. The third kappa shape index (κ3) is 2.08. The number of hydrogen-bond donors (Lipinski definition) is 1. The molecule has 0 radical (unpaired) electrons. The minimum atomic E-state index is -0.467. The molecule has 1 aromatic carbocycles. The van der Waals surface area contributed by atoms with E-state index in [2.05, 4.69) is 26.0 Å². The molecule has 2 aromatic rings. The maximum atomic E-state index is 9.41. The molecule has 0 aliphatic rings. The normalized spacial score (nSPS) is 12.7. The van der Waals surface area contributed by atoms with Crippen LogP contribution in [0.5, 0.6) is 0 Å². The van der Waals surface area contributed by atoms with E-state index in [1.165, 1.54) is 6.33 Å². The number of halogens is 1. The Morgan fingerprint density at radius 1 is 1.47 bits per heavy atom. The lowest BCUT2D eigenvalue weighted by molar-refractivity contribution is 0.199. The number of hydrogen-bond acceptors (Lipinski definition) is 3. The maximum absolute atomic E-state index is 9.41. The van der Waals surface area contributed by atoms with Crippen LogP contribution < -0.4 is 0 Å². The zero-order valence-electron chi connectivity index (χ0n) is 8.13. The number of aliphatic hydroxyl groups excluding tert-OH is 1. The van der Waals surface area contributed by atoms with Gasteiger partial charge in [0.15, 0.2) is 0 Å². The van der Waals surface area contributed by atoms with Crippen molar-refractivity contribution in [1.29, 1.82) is 0 Å². The molecule has 0 unspecified atom stereocenters. The van der Waals surface area contributed by atoms with E-state index in [0.717, 1.165) is 15.7 Å². The van der Waals surface area contributed by atoms with E-state index in [4.69, 9.17) is 0 Å². The smallest absolute Gasteiger partial charge is 0.138 e. The van der Waals surface area contributed by atoms with Gasteiger partial charge in [0.1, 0.15) is 12.7 Å². The molecule has 0 amide bonds. The molecule has 5 heteroatoms. The Morgan fingerprint density at radius 2 is 2.27 bits per heavy atom. The molecule has 0 aliphatic heterocycles. The minimum Gasteiger partial charge on any atom is -0.389 e. The maximum Gasteiger partial charge on any atom is 0.138 e. The predicted molar refractivity (Wildman–Crippen MR) is 59.7 cm³/mol. The SMILES string of the molecule is C[C@@H](O)c1ccc(-n2cncn2)c(Br)c1. The zero-order chi connectivity index (χ0) is 10.8. The minimum absolute atomic E-state index is 0.467. The fraction of sp³-hybridized carbons (Fsp3) is 0.200. The molecule has 2 rings (SSSR count). The molecule has 1 heterocycles. The van der Waals surface area contributed by atoms with Gasteiger partial charge in [0.05, 0.1) is 11.8 Å². The molecule has 15 heavy (non-hydrogen) atoms. The van der Waals surface area contributed by atoms with Crippen LogP contribution in [-0.4, -0.2) is 19.9 Å². The number of benzene rings is 1. The third-order valence-electron chi connectivity index (χ3n) is 2.12. The van der Waals surface area contributed by atoms with E-state index in [-0.39, 0.29) is 0 Å². The van der Waals surface area contributed by atoms with Crippen LogP contribution in [0.4, 0.5) is 0 Å². The largest absolute Gasteiger partial charge is 0.389 e. The lowest BCUT2D eigenvalue weighted by Gasteiger charge is -2.08. The standard InChI is InChI=1S/C10H10BrN3O/c1-7(15)8-2-3-10(9(11)4-8)14-6-12-5-13-14/h2-7,15H,1H3/t7-/m1/s1. The molecule has 0 spiro atoms. The van der Waals surface area contributed by atoms with Crippen molar-refractivity contribution < 1.29 is 5.11 Å². The van der Waals surface area contributed by atoms with Crippen molar-refractivity contribution in [2.75, 3.05) is 0 Å². The average molecular weight is 268 g/mol. The van der Waals surface area contributed by atoms with E-state index in [1.807, 2.05) is 18.2 Å². The molecule has 0 saturated heterocycles. The van der Waals surface area contributed by atoms with Crippen LogP contribution in [0.25, 0.3) is 5.69 Å². The summed E-state index contributed by atoms with van der Waals surface area (Å²) >= 11 is 3.44. The van der Waals surface area contributed by atoms with Crippen LogP contribution in [0.15, 0.2) is 35.3 Å². The van der Waals surface area contributed by atoms with Crippen molar-refractivity contribution in [2.45, 2.75) is 13.0 Å². The second-order valence-electron chi connectivity index (χ2n) is 3.23. The molecule has 1 aromatic heterocycles. The molecule has 0 fully saturated rings. The molecule has 78 valence electrons. The Balaban J connectivity index is 2.44. The van der Waals surface area contributed by atoms with Crippen molar-refractivity contribution >= 4 is 15.9 Å². The summed E-state index contributed by atoms with van der Waals surface area (Å²) in [5.74, 6) is 0. The highest BCUT2D eigenvalue weighted by molar-refractivity contribution is 9.10. The van der Waals surface area contributed by atoms with Gasteiger partial charge in [-0.25, -0.2) is 9.67 Å². The van der Waals surface area contributed by atoms with E-state index < -0.39 is 6.10 Å². The van der Waals surface area contributed by atoms with Gasteiger partial charge in [0.2, 0.25) is 0 Å². The van der Waals surface area contributed by atoms with Gasteiger partial charge in [0, 0.05) is 4.47 Å². The lowest BCUT2D eigenvalue weighted by Crippen LogP contribution is -1.98. The van der Waals surface area contributed by atoms with Gasteiger partial charge in [-0.2, -0.15) is 5.10 Å². The van der Waals surface area contributed by atoms with Crippen LogP contribution >= 0.6 is 15.9 Å². The predicted octanol–water partition coefficient (Wildman–Crippen LogP) is 2.08. The number of aromatic nitrogens is 3. The van der Waals surface area contributed by atoms with Gasteiger partial charge >= 0.3 is 0 Å². The van der Waals surface area contributed by atoms with E-state index in [0.29, 0.717) is 0 Å². The fourth-order valence-electron chi connectivity index (χ4n) is 1.30. The Kier molecular flexibility index (Phi) is 2.83. The Bertz CT molecular complexity index is 454. The quantitative estimate of drug-likeness (QED) is 0.907. The van der Waals surface area contributed by atoms with Crippen molar-refractivity contribution in [3.63, 3.8) is 0 Å². The molecule has 4 nitrogen and oxygen atoms in total. The molecular weight excluding hydrogens is 258 g/mol. The number of nitrogens with zero attached hydrogens (tertiary/aromatic N) is 3. The Morgan fingerprint density at radius 3 is 2.80 bits per heavy atom. The van der Waals surface area contributed by atoms with Gasteiger partial charge < -0.3 is 5.11 Å². The summed E-state index contributed by atoms with van der Waals surface area (Å²) < 4.78 is 2.54. The molecule has 0 bridgehead atoms. The van der Waals surface area contributed by atoms with Gasteiger partial charge in [-0.1, -0.05) is 6.07 Å². The highest BCUT2D eigenvalue weighted by Crippen LogP contribution is 2.24. The lowest BCUT2D eigenvalue weighted by atomic mass is 10.1. The second kappa shape index (κ2) is 4.12. The fourth-order valence-corrected chi connectivity index (χ4v) is 1.88. The monoisotopic (exact) mass is 267 g/mol. The summed E-state index contributed by atoms with van der Waals surface area (Å²) in [5, 5.41) is 13.4. The first kappa shape index (κ1) is 10.3. The van der Waals surface area contributed by atoms with Crippen molar-refractivity contribution in [1.82, 2.24) is 14.8 Å². The van der Waals surface area contributed by atoms with E-state index >= 15 is 0 Å². The summed E-state index contributed by atoms with van der Waals surface area (Å²) in [6.07, 6.45) is 2.64. The number of rotatable bonds is 2. The molecule has 1 N–H and O–H groups in total. The van der Waals surface area contributed by atoms with Crippen molar-refractivity contribution in [2.24, 2.45) is 0 Å². The zero-order valence-corrected chi connectivity index (χ0v) is 9.72.